The molecule has 1 aliphatic carbocycles. The van der Waals surface area contributed by atoms with Crippen molar-refractivity contribution in [2.75, 3.05) is 0 Å². The van der Waals surface area contributed by atoms with Gasteiger partial charge in [-0.15, -0.1) is 0 Å². The average Bonchev–Trinajstić information content (AvgIpc) is 2.77. The summed E-state index contributed by atoms with van der Waals surface area (Å²) >= 11 is 0. The van der Waals surface area contributed by atoms with Gasteiger partial charge in [0, 0.05) is 22.6 Å². The zero-order valence-electron chi connectivity index (χ0n) is 11.6. The van der Waals surface area contributed by atoms with E-state index in [0.717, 1.165) is 17.5 Å². The molecule has 3 unspecified atom stereocenters. The second-order valence-corrected chi connectivity index (χ2v) is 7.14. The molecular weight excluding hydrogens is 266 g/mol. The monoisotopic (exact) mass is 285 g/mol. The molecule has 2 nitrogen and oxygen atoms in total. The first-order valence-corrected chi connectivity index (χ1v) is 8.29. The first kappa shape index (κ1) is 13.5. The fourth-order valence-electron chi connectivity index (χ4n) is 2.92. The topological polar surface area (TPSA) is 43.1 Å². The van der Waals surface area contributed by atoms with Crippen LogP contribution in [-0.4, -0.2) is 9.46 Å². The summed E-state index contributed by atoms with van der Waals surface area (Å²) in [7, 11) is -0.936. The molecule has 0 fully saturated rings. The maximum absolute atomic E-state index is 12.6. The van der Waals surface area contributed by atoms with Crippen molar-refractivity contribution in [3.63, 3.8) is 0 Å². The summed E-state index contributed by atoms with van der Waals surface area (Å²) in [6, 6.07) is 16.3. The molecule has 3 rings (SSSR count). The molecule has 0 aliphatic heterocycles. The lowest BCUT2D eigenvalue weighted by molar-refractivity contribution is 0.646. The van der Waals surface area contributed by atoms with Crippen LogP contribution in [0.4, 0.5) is 0 Å². The molecule has 3 atom stereocenters. The van der Waals surface area contributed by atoms with Crippen LogP contribution in [0.15, 0.2) is 48.5 Å². The van der Waals surface area contributed by atoms with Gasteiger partial charge < -0.3 is 5.73 Å². The van der Waals surface area contributed by atoms with E-state index < -0.39 is 10.8 Å². The van der Waals surface area contributed by atoms with E-state index in [1.165, 1.54) is 11.1 Å². The summed E-state index contributed by atoms with van der Waals surface area (Å²) in [6.07, 6.45) is 0.829. The smallest absolute Gasteiger partial charge is 0.0584 e. The largest absolute Gasteiger partial charge is 0.323 e. The maximum atomic E-state index is 12.6. The Morgan fingerprint density at radius 2 is 2.00 bits per heavy atom. The summed E-state index contributed by atoms with van der Waals surface area (Å²) in [5.74, 6) is 0.591. The van der Waals surface area contributed by atoms with Crippen molar-refractivity contribution < 1.29 is 4.21 Å². The van der Waals surface area contributed by atoms with Crippen LogP contribution in [0, 0.1) is 6.92 Å². The maximum Gasteiger partial charge on any atom is 0.0584 e. The lowest BCUT2D eigenvalue weighted by atomic mass is 10.1. The molecule has 0 saturated heterocycles. The predicted octanol–water partition coefficient (Wildman–Crippen LogP) is 2.87. The zero-order chi connectivity index (χ0) is 14.1. The van der Waals surface area contributed by atoms with Crippen LogP contribution in [0.1, 0.15) is 28.3 Å². The zero-order valence-corrected chi connectivity index (χ0v) is 12.4. The minimum atomic E-state index is -0.936. The summed E-state index contributed by atoms with van der Waals surface area (Å²) in [5.41, 5.74) is 11.0. The molecule has 2 aromatic carbocycles. The minimum Gasteiger partial charge on any atom is -0.323 e. The first-order valence-electron chi connectivity index (χ1n) is 6.91. The van der Waals surface area contributed by atoms with Gasteiger partial charge in [-0.25, -0.2) is 0 Å². The second kappa shape index (κ2) is 5.51. The van der Waals surface area contributed by atoms with E-state index in [-0.39, 0.29) is 11.3 Å². The molecule has 1 aliphatic rings. The van der Waals surface area contributed by atoms with E-state index in [1.807, 2.05) is 24.3 Å². The fourth-order valence-corrected chi connectivity index (χ4v) is 4.48. The molecule has 0 saturated carbocycles. The summed E-state index contributed by atoms with van der Waals surface area (Å²) in [5, 5.41) is 0.0351. The molecule has 0 bridgehead atoms. The van der Waals surface area contributed by atoms with Crippen molar-refractivity contribution in [2.24, 2.45) is 5.73 Å². The molecule has 0 radical (unpaired) electrons. The van der Waals surface area contributed by atoms with Gasteiger partial charge in [0.15, 0.2) is 0 Å². The molecule has 20 heavy (non-hydrogen) atoms. The van der Waals surface area contributed by atoms with Crippen molar-refractivity contribution in [2.45, 2.75) is 30.4 Å². The van der Waals surface area contributed by atoms with E-state index in [9.17, 15) is 4.21 Å². The van der Waals surface area contributed by atoms with E-state index in [1.54, 1.807) is 0 Å². The lowest BCUT2D eigenvalue weighted by Crippen LogP contribution is -2.27. The molecule has 2 N–H and O–H groups in total. The molecule has 0 spiro atoms. The van der Waals surface area contributed by atoms with Crippen LogP contribution in [0.2, 0.25) is 0 Å². The molecule has 104 valence electrons. The van der Waals surface area contributed by atoms with E-state index >= 15 is 0 Å². The van der Waals surface area contributed by atoms with Gasteiger partial charge in [0.05, 0.1) is 5.25 Å². The normalized spacial score (nSPS) is 22.5. The Kier molecular flexibility index (Phi) is 3.72. The number of benzene rings is 2. The highest BCUT2D eigenvalue weighted by atomic mass is 32.2. The van der Waals surface area contributed by atoms with Crippen LogP contribution in [0.5, 0.6) is 0 Å². The van der Waals surface area contributed by atoms with Crippen LogP contribution in [0.25, 0.3) is 0 Å². The number of hydrogen-bond acceptors (Lipinski definition) is 2. The van der Waals surface area contributed by atoms with Crippen molar-refractivity contribution in [3.05, 3.63) is 70.8 Å². The number of hydrogen-bond donors (Lipinski definition) is 1. The Hall–Kier alpha value is -1.45. The predicted molar refractivity (Wildman–Crippen MR) is 83.9 cm³/mol. The number of nitrogens with two attached hydrogens (primary N) is 1. The van der Waals surface area contributed by atoms with E-state index in [0.29, 0.717) is 5.75 Å². The molecule has 3 heteroatoms. The van der Waals surface area contributed by atoms with Gasteiger partial charge >= 0.3 is 0 Å². The minimum absolute atomic E-state index is 0.0351. The second-order valence-electron chi connectivity index (χ2n) is 5.48. The molecule has 2 aromatic rings. The first-order chi connectivity index (χ1) is 9.65. The number of aryl methyl sites for hydroxylation is 1. The Balaban J connectivity index is 1.77. The van der Waals surface area contributed by atoms with Gasteiger partial charge in [-0.2, -0.15) is 0 Å². The van der Waals surface area contributed by atoms with Gasteiger partial charge in [-0.1, -0.05) is 54.1 Å². The third-order valence-corrected chi connectivity index (χ3v) is 5.72. The Labute approximate surface area is 122 Å². The summed E-state index contributed by atoms with van der Waals surface area (Å²) in [4.78, 5) is 0. The number of rotatable bonds is 3. The van der Waals surface area contributed by atoms with Gasteiger partial charge in [0.25, 0.3) is 0 Å². The average molecular weight is 285 g/mol. The van der Waals surface area contributed by atoms with E-state index in [4.69, 9.17) is 5.73 Å². The third-order valence-electron chi connectivity index (χ3n) is 3.96. The summed E-state index contributed by atoms with van der Waals surface area (Å²) < 4.78 is 12.6. The Morgan fingerprint density at radius 1 is 1.20 bits per heavy atom. The molecule has 0 aromatic heterocycles. The van der Waals surface area contributed by atoms with Crippen LogP contribution in [0.3, 0.4) is 0 Å². The van der Waals surface area contributed by atoms with Crippen LogP contribution >= 0.6 is 0 Å². The van der Waals surface area contributed by atoms with Gasteiger partial charge in [-0.05, 0) is 30.0 Å². The Morgan fingerprint density at radius 3 is 2.75 bits per heavy atom. The lowest BCUT2D eigenvalue weighted by Gasteiger charge is -2.16. The van der Waals surface area contributed by atoms with Gasteiger partial charge in [0.2, 0.25) is 0 Å². The third kappa shape index (κ3) is 2.56. The Bertz CT molecular complexity index is 653. The highest BCUT2D eigenvalue weighted by Gasteiger charge is 2.33. The van der Waals surface area contributed by atoms with Crippen molar-refractivity contribution in [1.29, 1.82) is 0 Å². The van der Waals surface area contributed by atoms with Crippen molar-refractivity contribution >= 4 is 10.8 Å². The molecular formula is C17H19NOS. The van der Waals surface area contributed by atoms with Gasteiger partial charge in [-0.3, -0.25) is 4.21 Å². The van der Waals surface area contributed by atoms with Crippen LogP contribution in [-0.2, 0) is 23.0 Å². The fraction of sp³-hybridized carbons (Fsp3) is 0.294. The standard InChI is InChI=1S/C17H19NOS/c1-12-5-4-6-13(9-12)11-20(19)16-10-14-7-2-3-8-15(14)17(16)18/h2-9,16-17H,10-11,18H2,1H3. The van der Waals surface area contributed by atoms with Crippen LogP contribution < -0.4 is 5.73 Å². The quantitative estimate of drug-likeness (QED) is 0.942. The van der Waals surface area contributed by atoms with E-state index in [2.05, 4.69) is 31.2 Å². The number of fused-ring (bicyclic) bond motifs is 1. The molecule has 0 amide bonds. The highest BCUT2D eigenvalue weighted by Crippen LogP contribution is 2.33. The van der Waals surface area contributed by atoms with Crippen molar-refractivity contribution in [1.82, 2.24) is 0 Å². The summed E-state index contributed by atoms with van der Waals surface area (Å²) in [6.45, 7) is 2.06. The SMILES string of the molecule is Cc1cccc(CS(=O)C2Cc3ccccc3C2N)c1. The molecule has 0 heterocycles. The van der Waals surface area contributed by atoms with Crippen molar-refractivity contribution in [3.8, 4) is 0 Å². The highest BCUT2D eigenvalue weighted by molar-refractivity contribution is 7.84. The van der Waals surface area contributed by atoms with Gasteiger partial charge in [0.1, 0.15) is 0 Å².